The molecule has 1 heterocycles. The number of nitrogens with zero attached hydrogens (tertiary/aromatic N) is 1. The van der Waals surface area contributed by atoms with E-state index in [-0.39, 0.29) is 55.2 Å². The molecule has 24 heavy (non-hydrogen) atoms. The van der Waals surface area contributed by atoms with Gasteiger partial charge in [0.1, 0.15) is 6.10 Å². The van der Waals surface area contributed by atoms with E-state index in [1.165, 1.54) is 5.56 Å². The van der Waals surface area contributed by atoms with Crippen LogP contribution in [0.25, 0.3) is 0 Å². The minimum atomic E-state index is -1.04. The molecule has 3 nitrogen and oxygen atoms in total. The van der Waals surface area contributed by atoms with Crippen LogP contribution in [-0.2, 0) is 4.79 Å². The fraction of sp³-hybridized carbons (Fsp3) is 0.316. The van der Waals surface area contributed by atoms with Crippen LogP contribution in [0.2, 0.25) is 0 Å². The van der Waals surface area contributed by atoms with Crippen molar-refractivity contribution in [2.75, 3.05) is 11.4 Å². The van der Waals surface area contributed by atoms with E-state index >= 15 is 0 Å². The Morgan fingerprint density at radius 2 is 1.79 bits per heavy atom. The molecule has 0 unspecified atom stereocenters. The molecule has 1 amide bonds. The number of thioether (sulfide) groups is 1. The number of rotatable bonds is 3. The molecule has 2 aromatic rings. The topological polar surface area (TPSA) is 40.5 Å². The minimum Gasteiger partial charge on any atom is -0.382 e. The first kappa shape index (κ1) is 20.0. The number of carbonyl (C=O) groups excluding carboxylic acids is 1. The maximum Gasteiger partial charge on any atom is 0.257 e. The summed E-state index contributed by atoms with van der Waals surface area (Å²) in [4.78, 5) is 15.6. The van der Waals surface area contributed by atoms with E-state index in [0.29, 0.717) is 6.54 Å². The van der Waals surface area contributed by atoms with Gasteiger partial charge in [-0.2, -0.15) is 0 Å². The molecule has 2 aromatic carbocycles. The third-order valence-corrected chi connectivity index (χ3v) is 5.45. The Labute approximate surface area is 183 Å². The number of aryl methyl sites for hydroxylation is 1. The van der Waals surface area contributed by atoms with Gasteiger partial charge in [-0.25, -0.2) is 0 Å². The first-order valence-corrected chi connectivity index (χ1v) is 8.81. The second-order valence-electron chi connectivity index (χ2n) is 5.85. The van der Waals surface area contributed by atoms with Crippen molar-refractivity contribution in [1.29, 1.82) is 0 Å². The Hall–Kier alpha value is -0.338. The predicted molar refractivity (Wildman–Crippen MR) is 94.9 cm³/mol. The number of anilines is 1. The van der Waals surface area contributed by atoms with Gasteiger partial charge in [0.05, 0.1) is 10.9 Å². The van der Waals surface area contributed by atoms with Crippen LogP contribution in [0.3, 0.4) is 0 Å². The summed E-state index contributed by atoms with van der Waals surface area (Å²) in [6, 6.07) is 15.9. The molecule has 0 fully saturated rings. The molecule has 0 saturated carbocycles. The maximum atomic E-state index is 12.8. The van der Waals surface area contributed by atoms with Gasteiger partial charge in [-0.05, 0) is 31.0 Å². The minimum absolute atomic E-state index is 0. The molecule has 0 aliphatic carbocycles. The molecule has 1 N–H and O–H groups in total. The standard InChI is InChI=1S/C19H21NO2S.Ac/c1-3-12-20-15-6-4-5-7-16(15)23-18(17(21)19(20)22)14-10-8-13(2)9-11-14;/h4-11,17-18,21H,3,12H2,1-2H3;/t17-,18+;/m1./s1. The summed E-state index contributed by atoms with van der Waals surface area (Å²) in [5.74, 6) is -0.213. The third kappa shape index (κ3) is 4.07. The fourth-order valence-electron chi connectivity index (χ4n) is 2.85. The van der Waals surface area contributed by atoms with Gasteiger partial charge in [0.15, 0.2) is 0 Å². The smallest absolute Gasteiger partial charge is 0.257 e. The molecule has 0 aromatic heterocycles. The van der Waals surface area contributed by atoms with E-state index in [4.69, 9.17) is 0 Å². The summed E-state index contributed by atoms with van der Waals surface area (Å²) in [6.45, 7) is 4.69. The van der Waals surface area contributed by atoms with Crippen LogP contribution in [0.5, 0.6) is 0 Å². The van der Waals surface area contributed by atoms with Crippen LogP contribution in [0.4, 0.5) is 5.69 Å². The normalized spacial score (nSPS) is 20.1. The Morgan fingerprint density at radius 1 is 1.12 bits per heavy atom. The maximum absolute atomic E-state index is 12.8. The van der Waals surface area contributed by atoms with Crippen molar-refractivity contribution in [2.45, 2.75) is 36.5 Å². The number of amides is 1. The van der Waals surface area contributed by atoms with Crippen molar-refractivity contribution < 1.29 is 54.0 Å². The number of aliphatic hydroxyl groups is 1. The molecule has 123 valence electrons. The zero-order chi connectivity index (χ0) is 16.4. The van der Waals surface area contributed by atoms with Crippen LogP contribution in [0.1, 0.15) is 29.7 Å². The number of fused-ring (bicyclic) bond motifs is 1. The van der Waals surface area contributed by atoms with Gasteiger partial charge >= 0.3 is 0 Å². The number of aliphatic hydroxyl groups excluding tert-OH is 1. The molecule has 0 bridgehead atoms. The molecule has 1 aliphatic heterocycles. The average molecular weight is 554 g/mol. The van der Waals surface area contributed by atoms with E-state index in [0.717, 1.165) is 22.6 Å². The van der Waals surface area contributed by atoms with Crippen LogP contribution in [0.15, 0.2) is 53.4 Å². The number of hydrogen-bond acceptors (Lipinski definition) is 3. The van der Waals surface area contributed by atoms with Gasteiger partial charge in [0.25, 0.3) is 5.91 Å². The molecule has 2 atom stereocenters. The summed E-state index contributed by atoms with van der Waals surface area (Å²) >= 11 is 1.57. The van der Waals surface area contributed by atoms with Gasteiger partial charge in [-0.1, -0.05) is 48.9 Å². The van der Waals surface area contributed by atoms with E-state index in [1.807, 2.05) is 62.4 Å². The fourth-order valence-corrected chi connectivity index (χ4v) is 4.12. The Morgan fingerprint density at radius 3 is 2.46 bits per heavy atom. The van der Waals surface area contributed by atoms with Crippen molar-refractivity contribution >= 4 is 23.4 Å². The number of para-hydroxylation sites is 1. The molecular formula is C19H21AcNO2S. The van der Waals surface area contributed by atoms with Crippen molar-refractivity contribution in [1.82, 2.24) is 0 Å². The summed E-state index contributed by atoms with van der Waals surface area (Å²) in [5, 5.41) is 10.4. The molecule has 1 aliphatic rings. The molecule has 1 radical (unpaired) electrons. The molecule has 0 spiro atoms. The molecule has 0 saturated heterocycles. The van der Waals surface area contributed by atoms with Crippen molar-refractivity contribution in [3.05, 3.63) is 59.7 Å². The van der Waals surface area contributed by atoms with Crippen molar-refractivity contribution in [2.24, 2.45) is 0 Å². The quantitative estimate of drug-likeness (QED) is 0.625. The molecular weight excluding hydrogens is 533 g/mol. The third-order valence-electron chi connectivity index (χ3n) is 4.07. The van der Waals surface area contributed by atoms with E-state index in [2.05, 4.69) is 0 Å². The summed E-state index contributed by atoms with van der Waals surface area (Å²) in [6.07, 6.45) is -0.186. The average Bonchev–Trinajstić information content (AvgIpc) is 2.67. The zero-order valence-corrected chi connectivity index (χ0v) is 19.5. The molecule has 3 rings (SSSR count). The largest absolute Gasteiger partial charge is 0.382 e. The van der Waals surface area contributed by atoms with Crippen LogP contribution in [-0.4, -0.2) is 23.7 Å². The zero-order valence-electron chi connectivity index (χ0n) is 14.0. The van der Waals surface area contributed by atoms with Gasteiger partial charge in [0.2, 0.25) is 0 Å². The second-order valence-corrected chi connectivity index (χ2v) is 7.03. The Kier molecular flexibility index (Phi) is 7.37. The summed E-state index contributed by atoms with van der Waals surface area (Å²) in [7, 11) is 0. The van der Waals surface area contributed by atoms with E-state index in [9.17, 15) is 9.90 Å². The second kappa shape index (κ2) is 8.85. The van der Waals surface area contributed by atoms with Crippen molar-refractivity contribution in [3.8, 4) is 0 Å². The van der Waals surface area contributed by atoms with E-state index in [1.54, 1.807) is 16.7 Å². The van der Waals surface area contributed by atoms with Gasteiger partial charge in [0, 0.05) is 55.5 Å². The van der Waals surface area contributed by atoms with Gasteiger partial charge < -0.3 is 10.0 Å². The van der Waals surface area contributed by atoms with Crippen LogP contribution >= 0.6 is 11.8 Å². The number of hydrogen-bond donors (Lipinski definition) is 1. The number of benzene rings is 2. The van der Waals surface area contributed by atoms with Crippen LogP contribution < -0.4 is 4.90 Å². The SMILES string of the molecule is CCCN1C(=O)[C@H](O)[C@H](c2ccc(C)cc2)Sc2ccccc21.[Ac]. The number of carbonyl (C=O) groups is 1. The van der Waals surface area contributed by atoms with Crippen molar-refractivity contribution in [3.63, 3.8) is 0 Å². The summed E-state index contributed by atoms with van der Waals surface area (Å²) < 4.78 is 0. The summed E-state index contributed by atoms with van der Waals surface area (Å²) in [5.41, 5.74) is 3.05. The Bertz CT molecular complexity index is 705. The first-order chi connectivity index (χ1) is 11.1. The monoisotopic (exact) mass is 554 g/mol. The Balaban J connectivity index is 0.00000208. The van der Waals surface area contributed by atoms with E-state index < -0.39 is 6.10 Å². The van der Waals surface area contributed by atoms with Crippen LogP contribution in [0, 0.1) is 51.0 Å². The van der Waals surface area contributed by atoms with Gasteiger partial charge in [-0.3, -0.25) is 4.79 Å². The van der Waals surface area contributed by atoms with Gasteiger partial charge in [-0.15, -0.1) is 11.8 Å². The molecule has 5 heteroatoms. The predicted octanol–water partition coefficient (Wildman–Crippen LogP) is 3.95. The first-order valence-electron chi connectivity index (χ1n) is 7.93.